The zero-order valence-electron chi connectivity index (χ0n) is 15.5. The summed E-state index contributed by atoms with van der Waals surface area (Å²) in [5, 5.41) is 4.02. The molecule has 144 valence electrons. The number of anilines is 2. The number of carbonyl (C=O) groups excluding carboxylic acids is 1. The molecule has 1 saturated heterocycles. The van der Waals surface area contributed by atoms with Crippen molar-refractivity contribution in [2.75, 3.05) is 50.1 Å². The topological polar surface area (TPSA) is 44.8 Å². The first-order valence-corrected chi connectivity index (χ1v) is 9.71. The molecule has 27 heavy (non-hydrogen) atoms. The number of rotatable bonds is 5. The van der Waals surface area contributed by atoms with E-state index in [0.717, 1.165) is 31.9 Å². The van der Waals surface area contributed by atoms with E-state index in [0.29, 0.717) is 33.7 Å². The van der Waals surface area contributed by atoms with Gasteiger partial charge in [0, 0.05) is 31.7 Å². The number of hydrogen-bond donors (Lipinski definition) is 1. The third-order valence-electron chi connectivity index (χ3n) is 4.55. The molecule has 0 radical (unpaired) electrons. The summed E-state index contributed by atoms with van der Waals surface area (Å²) < 4.78 is 5.42. The van der Waals surface area contributed by atoms with Crippen LogP contribution in [0, 0.1) is 0 Å². The summed E-state index contributed by atoms with van der Waals surface area (Å²) in [5.74, 6) is 0.328. The molecule has 2 aromatic rings. The predicted octanol–water partition coefficient (Wildman–Crippen LogP) is 4.40. The average molecular weight is 408 g/mol. The first kappa shape index (κ1) is 19.8. The molecule has 2 aromatic carbocycles. The van der Waals surface area contributed by atoms with Crippen molar-refractivity contribution in [1.82, 2.24) is 4.90 Å². The number of nitrogens with one attached hydrogen (secondary N) is 1. The third-order valence-corrected chi connectivity index (χ3v) is 5.15. The predicted molar refractivity (Wildman–Crippen MR) is 112 cm³/mol. The molecule has 0 bridgehead atoms. The second kappa shape index (κ2) is 8.83. The summed E-state index contributed by atoms with van der Waals surface area (Å²) >= 11 is 12.7. The lowest BCUT2D eigenvalue weighted by Crippen LogP contribution is -2.44. The van der Waals surface area contributed by atoms with Gasteiger partial charge in [0.15, 0.2) is 0 Å². The Labute approximate surface area is 169 Å². The van der Waals surface area contributed by atoms with E-state index in [4.69, 9.17) is 27.9 Å². The van der Waals surface area contributed by atoms with Crippen LogP contribution in [0.3, 0.4) is 0 Å². The van der Waals surface area contributed by atoms with Crippen LogP contribution >= 0.6 is 23.2 Å². The molecule has 0 spiro atoms. The van der Waals surface area contributed by atoms with Crippen LogP contribution < -0.4 is 15.0 Å². The minimum absolute atomic E-state index is 0.238. The lowest BCUT2D eigenvalue weighted by Gasteiger charge is -2.35. The van der Waals surface area contributed by atoms with Gasteiger partial charge in [0.2, 0.25) is 0 Å². The first-order valence-electron chi connectivity index (χ1n) is 8.95. The quantitative estimate of drug-likeness (QED) is 0.797. The number of piperazine rings is 1. The summed E-state index contributed by atoms with van der Waals surface area (Å²) in [6.45, 7) is 6.02. The molecular formula is C20H23Cl2N3O2. The monoisotopic (exact) mass is 407 g/mol. The number of halogens is 2. The van der Waals surface area contributed by atoms with Crippen molar-refractivity contribution in [3.63, 3.8) is 0 Å². The average Bonchev–Trinajstić information content (AvgIpc) is 2.65. The second-order valence-corrected chi connectivity index (χ2v) is 7.27. The molecule has 1 aliphatic heterocycles. The lowest BCUT2D eigenvalue weighted by atomic mass is 10.1. The lowest BCUT2D eigenvalue weighted by molar-refractivity contribution is 0.102. The number of para-hydroxylation sites is 1. The maximum atomic E-state index is 12.8. The van der Waals surface area contributed by atoms with Crippen LogP contribution in [0.2, 0.25) is 10.0 Å². The molecule has 1 amide bonds. The van der Waals surface area contributed by atoms with E-state index in [2.05, 4.69) is 22.2 Å². The fraction of sp³-hybridized carbons (Fsp3) is 0.350. The normalized spacial score (nSPS) is 14.9. The van der Waals surface area contributed by atoms with E-state index in [1.807, 2.05) is 25.1 Å². The van der Waals surface area contributed by atoms with Crippen molar-refractivity contribution < 1.29 is 9.53 Å². The molecule has 1 fully saturated rings. The highest BCUT2D eigenvalue weighted by molar-refractivity contribution is 6.34. The Morgan fingerprint density at radius 1 is 1.11 bits per heavy atom. The maximum absolute atomic E-state index is 12.8. The highest BCUT2D eigenvalue weighted by Crippen LogP contribution is 2.35. The van der Waals surface area contributed by atoms with E-state index < -0.39 is 0 Å². The Kier molecular flexibility index (Phi) is 6.47. The number of hydrogen-bond acceptors (Lipinski definition) is 4. The molecule has 0 aromatic heterocycles. The molecule has 7 heteroatoms. The number of benzene rings is 2. The summed E-state index contributed by atoms with van der Waals surface area (Å²) in [6, 6.07) is 10.6. The molecule has 5 nitrogen and oxygen atoms in total. The van der Waals surface area contributed by atoms with Crippen molar-refractivity contribution in [2.24, 2.45) is 0 Å². The number of ether oxygens (including phenoxy) is 1. The summed E-state index contributed by atoms with van der Waals surface area (Å²) in [5.41, 5.74) is 2.02. The second-order valence-electron chi connectivity index (χ2n) is 6.46. The number of amides is 1. The SMILES string of the molecule is CCOc1ccc(C(=O)Nc2cccc(Cl)c2N2CCN(C)CC2)cc1Cl. The van der Waals surface area contributed by atoms with Gasteiger partial charge in [-0.15, -0.1) is 0 Å². The molecule has 3 rings (SSSR count). The maximum Gasteiger partial charge on any atom is 0.255 e. The van der Waals surface area contributed by atoms with Gasteiger partial charge >= 0.3 is 0 Å². The molecule has 1 heterocycles. The Hall–Kier alpha value is -1.95. The van der Waals surface area contributed by atoms with Gasteiger partial charge in [0.25, 0.3) is 5.91 Å². The van der Waals surface area contributed by atoms with Gasteiger partial charge in [-0.3, -0.25) is 4.79 Å². The van der Waals surface area contributed by atoms with Crippen LogP contribution in [0.15, 0.2) is 36.4 Å². The van der Waals surface area contributed by atoms with Crippen LogP contribution in [-0.2, 0) is 0 Å². The number of nitrogens with zero attached hydrogens (tertiary/aromatic N) is 2. The number of carbonyl (C=O) groups is 1. The van der Waals surface area contributed by atoms with Gasteiger partial charge in [0.1, 0.15) is 5.75 Å². The highest BCUT2D eigenvalue weighted by Gasteiger charge is 2.21. The summed E-state index contributed by atoms with van der Waals surface area (Å²) in [6.07, 6.45) is 0. The standard InChI is InChI=1S/C20H23Cl2N3O2/c1-3-27-18-8-7-14(13-16(18)22)20(26)23-17-6-4-5-15(21)19(17)25-11-9-24(2)10-12-25/h4-8,13H,3,9-12H2,1-2H3,(H,23,26). The van der Waals surface area contributed by atoms with Crippen LogP contribution in [0.5, 0.6) is 5.75 Å². The van der Waals surface area contributed by atoms with E-state index in [1.54, 1.807) is 18.2 Å². The van der Waals surface area contributed by atoms with E-state index in [-0.39, 0.29) is 5.91 Å². The van der Waals surface area contributed by atoms with Crippen molar-refractivity contribution in [1.29, 1.82) is 0 Å². The van der Waals surface area contributed by atoms with Crippen LogP contribution in [0.1, 0.15) is 17.3 Å². The van der Waals surface area contributed by atoms with Crippen molar-refractivity contribution >= 4 is 40.5 Å². The molecule has 1 aliphatic rings. The molecule has 0 unspecified atom stereocenters. The Bertz CT molecular complexity index is 821. The fourth-order valence-electron chi connectivity index (χ4n) is 3.08. The number of likely N-dealkylation sites (N-methyl/N-ethyl adjacent to an activating group) is 1. The van der Waals surface area contributed by atoms with Crippen molar-refractivity contribution in [2.45, 2.75) is 6.92 Å². The van der Waals surface area contributed by atoms with Gasteiger partial charge < -0.3 is 19.9 Å². The van der Waals surface area contributed by atoms with E-state index in [9.17, 15) is 4.79 Å². The van der Waals surface area contributed by atoms with Crippen LogP contribution in [0.25, 0.3) is 0 Å². The van der Waals surface area contributed by atoms with Crippen LogP contribution in [0.4, 0.5) is 11.4 Å². The largest absolute Gasteiger partial charge is 0.492 e. The van der Waals surface area contributed by atoms with Crippen LogP contribution in [-0.4, -0.2) is 50.6 Å². The Morgan fingerprint density at radius 3 is 2.52 bits per heavy atom. The molecule has 0 atom stereocenters. The van der Waals surface area contributed by atoms with Gasteiger partial charge in [-0.05, 0) is 44.3 Å². The first-order chi connectivity index (χ1) is 13.0. The molecule has 1 N–H and O–H groups in total. The van der Waals surface area contributed by atoms with Gasteiger partial charge in [-0.25, -0.2) is 0 Å². The van der Waals surface area contributed by atoms with Crippen molar-refractivity contribution in [3.05, 3.63) is 52.0 Å². The zero-order chi connectivity index (χ0) is 19.4. The fourth-order valence-corrected chi connectivity index (χ4v) is 3.61. The minimum atomic E-state index is -0.238. The molecule has 0 aliphatic carbocycles. The van der Waals surface area contributed by atoms with E-state index >= 15 is 0 Å². The van der Waals surface area contributed by atoms with Gasteiger partial charge in [0.05, 0.1) is 28.0 Å². The van der Waals surface area contributed by atoms with Gasteiger partial charge in [-0.2, -0.15) is 0 Å². The van der Waals surface area contributed by atoms with Crippen molar-refractivity contribution in [3.8, 4) is 5.75 Å². The third kappa shape index (κ3) is 4.67. The minimum Gasteiger partial charge on any atom is -0.492 e. The Balaban J connectivity index is 1.82. The summed E-state index contributed by atoms with van der Waals surface area (Å²) in [4.78, 5) is 17.2. The molecule has 0 saturated carbocycles. The van der Waals surface area contributed by atoms with Gasteiger partial charge in [-0.1, -0.05) is 29.3 Å². The van der Waals surface area contributed by atoms with E-state index in [1.165, 1.54) is 0 Å². The highest BCUT2D eigenvalue weighted by atomic mass is 35.5. The summed E-state index contributed by atoms with van der Waals surface area (Å²) in [7, 11) is 2.10. The zero-order valence-corrected chi connectivity index (χ0v) is 17.0. The Morgan fingerprint density at radius 2 is 1.85 bits per heavy atom. The smallest absolute Gasteiger partial charge is 0.255 e. The molecular weight excluding hydrogens is 385 g/mol.